The molecule has 0 saturated heterocycles. The molecular formula is C21H20N2O5S3. The fourth-order valence-corrected chi connectivity index (χ4v) is 5.17. The highest BCUT2D eigenvalue weighted by molar-refractivity contribution is 7.98. The Morgan fingerprint density at radius 2 is 1.74 bits per heavy atom. The van der Waals surface area contributed by atoms with Gasteiger partial charge in [0.25, 0.3) is 15.9 Å². The maximum Gasteiger partial charge on any atom is 0.338 e. The van der Waals surface area contributed by atoms with Gasteiger partial charge in [0.15, 0.2) is 6.10 Å². The Bertz CT molecular complexity index is 1160. The molecule has 7 nitrogen and oxygen atoms in total. The number of nitrogens with one attached hydrogen (secondary N) is 2. The molecule has 1 amide bonds. The lowest BCUT2D eigenvalue weighted by Crippen LogP contribution is -2.30. The van der Waals surface area contributed by atoms with E-state index in [-0.39, 0.29) is 9.77 Å². The maximum atomic E-state index is 12.4. The van der Waals surface area contributed by atoms with Crippen molar-refractivity contribution in [1.29, 1.82) is 0 Å². The number of amides is 1. The van der Waals surface area contributed by atoms with E-state index < -0.39 is 28.0 Å². The number of sulfonamides is 1. The van der Waals surface area contributed by atoms with Crippen LogP contribution < -0.4 is 10.0 Å². The number of benzene rings is 2. The minimum absolute atomic E-state index is 0.193. The molecule has 10 heteroatoms. The Hall–Kier alpha value is -2.82. The molecule has 0 fully saturated rings. The van der Waals surface area contributed by atoms with Gasteiger partial charge in [-0.1, -0.05) is 18.2 Å². The zero-order valence-electron chi connectivity index (χ0n) is 16.7. The van der Waals surface area contributed by atoms with E-state index in [2.05, 4.69) is 10.0 Å². The molecule has 0 spiro atoms. The van der Waals surface area contributed by atoms with E-state index in [4.69, 9.17) is 4.74 Å². The molecule has 2 aromatic carbocycles. The van der Waals surface area contributed by atoms with Crippen LogP contribution in [-0.2, 0) is 19.6 Å². The lowest BCUT2D eigenvalue weighted by molar-refractivity contribution is -0.123. The zero-order chi connectivity index (χ0) is 22.4. The summed E-state index contributed by atoms with van der Waals surface area (Å²) in [5.41, 5.74) is 1.15. The molecule has 162 valence electrons. The minimum atomic E-state index is -3.67. The van der Waals surface area contributed by atoms with Crippen LogP contribution in [0.2, 0.25) is 0 Å². The Balaban J connectivity index is 1.60. The van der Waals surface area contributed by atoms with Crippen LogP contribution in [0.3, 0.4) is 0 Å². The van der Waals surface area contributed by atoms with Gasteiger partial charge in [-0.3, -0.25) is 9.52 Å². The third-order valence-electron chi connectivity index (χ3n) is 4.15. The fourth-order valence-electron chi connectivity index (χ4n) is 2.56. The third kappa shape index (κ3) is 5.87. The van der Waals surface area contributed by atoms with E-state index in [9.17, 15) is 18.0 Å². The first-order chi connectivity index (χ1) is 14.8. The smallest absolute Gasteiger partial charge is 0.338 e. The normalized spacial score (nSPS) is 12.1. The van der Waals surface area contributed by atoms with E-state index in [0.717, 1.165) is 16.2 Å². The minimum Gasteiger partial charge on any atom is -0.449 e. The van der Waals surface area contributed by atoms with Crippen molar-refractivity contribution in [3.8, 4) is 0 Å². The number of para-hydroxylation sites is 1. The average molecular weight is 477 g/mol. The van der Waals surface area contributed by atoms with Gasteiger partial charge in [-0.25, -0.2) is 13.2 Å². The molecule has 31 heavy (non-hydrogen) atoms. The molecule has 0 radical (unpaired) electrons. The highest BCUT2D eigenvalue weighted by atomic mass is 32.2. The quantitative estimate of drug-likeness (QED) is 0.368. The summed E-state index contributed by atoms with van der Waals surface area (Å²) in [6, 6.07) is 16.3. The number of carbonyl (C=O) groups excluding carboxylic acids is 2. The van der Waals surface area contributed by atoms with Crippen molar-refractivity contribution in [2.45, 2.75) is 22.1 Å². The van der Waals surface area contributed by atoms with Crippen LogP contribution in [0.5, 0.6) is 0 Å². The molecule has 0 unspecified atom stereocenters. The van der Waals surface area contributed by atoms with Crippen molar-refractivity contribution in [1.82, 2.24) is 0 Å². The number of rotatable bonds is 8. The van der Waals surface area contributed by atoms with Crippen LogP contribution >= 0.6 is 23.1 Å². The molecule has 3 aromatic rings. The molecule has 0 bridgehead atoms. The molecule has 0 aliphatic heterocycles. The van der Waals surface area contributed by atoms with Crippen LogP contribution in [0.4, 0.5) is 11.4 Å². The number of anilines is 2. The van der Waals surface area contributed by atoms with Crippen molar-refractivity contribution >= 4 is 56.4 Å². The van der Waals surface area contributed by atoms with Gasteiger partial charge < -0.3 is 10.1 Å². The molecule has 3 rings (SSSR count). The Morgan fingerprint density at radius 3 is 2.39 bits per heavy atom. The summed E-state index contributed by atoms with van der Waals surface area (Å²) < 4.78 is 32.4. The first-order valence-electron chi connectivity index (χ1n) is 9.11. The van der Waals surface area contributed by atoms with Crippen molar-refractivity contribution < 1.29 is 22.7 Å². The number of esters is 1. The summed E-state index contributed by atoms with van der Waals surface area (Å²) in [7, 11) is -3.67. The van der Waals surface area contributed by atoms with Crippen molar-refractivity contribution in [3.05, 3.63) is 71.6 Å². The summed E-state index contributed by atoms with van der Waals surface area (Å²) in [4.78, 5) is 25.7. The van der Waals surface area contributed by atoms with Crippen molar-refractivity contribution in [2.24, 2.45) is 0 Å². The third-order valence-corrected chi connectivity index (χ3v) is 7.73. The second-order valence-corrected chi connectivity index (χ2v) is 10.1. The first-order valence-corrected chi connectivity index (χ1v) is 12.7. The van der Waals surface area contributed by atoms with E-state index in [1.165, 1.54) is 49.0 Å². The monoisotopic (exact) mass is 476 g/mol. The van der Waals surface area contributed by atoms with Crippen molar-refractivity contribution in [2.75, 3.05) is 16.3 Å². The zero-order valence-corrected chi connectivity index (χ0v) is 19.1. The van der Waals surface area contributed by atoms with Crippen LogP contribution in [0, 0.1) is 0 Å². The Morgan fingerprint density at radius 1 is 1.03 bits per heavy atom. The van der Waals surface area contributed by atoms with Gasteiger partial charge in [0, 0.05) is 10.6 Å². The number of thiophene rings is 1. The van der Waals surface area contributed by atoms with Crippen LogP contribution in [0.1, 0.15) is 17.3 Å². The van der Waals surface area contributed by atoms with E-state index in [1.54, 1.807) is 23.6 Å². The number of thioether (sulfide) groups is 1. The van der Waals surface area contributed by atoms with Crippen LogP contribution in [0.15, 0.2) is 75.1 Å². The van der Waals surface area contributed by atoms with Gasteiger partial charge in [0.1, 0.15) is 4.21 Å². The topological polar surface area (TPSA) is 102 Å². The van der Waals surface area contributed by atoms with E-state index in [0.29, 0.717) is 11.4 Å². The predicted octanol–water partition coefficient (Wildman–Crippen LogP) is 4.45. The molecule has 1 aromatic heterocycles. The molecular weight excluding hydrogens is 456 g/mol. The van der Waals surface area contributed by atoms with Gasteiger partial charge in [-0.05, 0) is 61.0 Å². The van der Waals surface area contributed by atoms with Crippen LogP contribution in [0.25, 0.3) is 0 Å². The molecule has 0 aliphatic rings. The standard InChI is InChI=1S/C21H20N2O5S3/c1-14(20(24)22-17-6-3-4-7-18(17)29-2)28-21(25)15-9-11-16(12-10-15)23-31(26,27)19-8-5-13-30-19/h3-14,23H,1-2H3,(H,22,24)/t14-/m0/s1. The SMILES string of the molecule is CSc1ccccc1NC(=O)[C@H](C)OC(=O)c1ccc(NS(=O)(=O)c2cccs2)cc1. The summed E-state index contributed by atoms with van der Waals surface area (Å²) in [6.07, 6.45) is 0.887. The number of ether oxygens (including phenoxy) is 1. The summed E-state index contributed by atoms with van der Waals surface area (Å²) >= 11 is 2.60. The highest BCUT2D eigenvalue weighted by Crippen LogP contribution is 2.25. The second-order valence-electron chi connectivity index (χ2n) is 6.35. The number of carbonyl (C=O) groups is 2. The number of hydrogen-bond acceptors (Lipinski definition) is 7. The fraction of sp³-hybridized carbons (Fsp3) is 0.143. The predicted molar refractivity (Wildman–Crippen MR) is 123 cm³/mol. The van der Waals surface area contributed by atoms with Gasteiger partial charge in [0.2, 0.25) is 0 Å². The maximum absolute atomic E-state index is 12.4. The average Bonchev–Trinajstić information content (AvgIpc) is 3.30. The lowest BCUT2D eigenvalue weighted by Gasteiger charge is -2.15. The molecule has 0 aliphatic carbocycles. The molecule has 2 N–H and O–H groups in total. The lowest BCUT2D eigenvalue weighted by atomic mass is 10.2. The Kier molecular flexibility index (Phi) is 7.37. The van der Waals surface area contributed by atoms with E-state index in [1.807, 2.05) is 18.4 Å². The summed E-state index contributed by atoms with van der Waals surface area (Å²) in [5, 5.41) is 4.42. The highest BCUT2D eigenvalue weighted by Gasteiger charge is 2.20. The van der Waals surface area contributed by atoms with Gasteiger partial charge in [-0.2, -0.15) is 0 Å². The summed E-state index contributed by atoms with van der Waals surface area (Å²) in [6.45, 7) is 1.48. The van der Waals surface area contributed by atoms with Crippen molar-refractivity contribution in [3.63, 3.8) is 0 Å². The largest absolute Gasteiger partial charge is 0.449 e. The molecule has 1 heterocycles. The molecule has 0 saturated carbocycles. The Labute approximate surface area is 188 Å². The van der Waals surface area contributed by atoms with E-state index >= 15 is 0 Å². The van der Waals surface area contributed by atoms with Gasteiger partial charge in [-0.15, -0.1) is 23.1 Å². The number of hydrogen-bond donors (Lipinski definition) is 2. The first kappa shape index (κ1) is 22.9. The second kappa shape index (κ2) is 9.99. The van der Waals surface area contributed by atoms with Gasteiger partial charge >= 0.3 is 5.97 Å². The van der Waals surface area contributed by atoms with Crippen LogP contribution in [-0.4, -0.2) is 32.7 Å². The molecule has 1 atom stereocenters. The summed E-state index contributed by atoms with van der Waals surface area (Å²) in [5.74, 6) is -1.14. The van der Waals surface area contributed by atoms with Gasteiger partial charge in [0.05, 0.1) is 11.3 Å².